The number of nitrogens with one attached hydrogen (secondary N) is 1. The lowest BCUT2D eigenvalue weighted by molar-refractivity contribution is -0.186. The Kier molecular flexibility index (Phi) is 12.3. The van der Waals surface area contributed by atoms with Crippen LogP contribution in [0.5, 0.6) is 0 Å². The average Bonchev–Trinajstić information content (AvgIpc) is 2.80. The van der Waals surface area contributed by atoms with Crippen LogP contribution < -0.4 is 16.8 Å². The molecule has 35 heavy (non-hydrogen) atoms. The van der Waals surface area contributed by atoms with Crippen molar-refractivity contribution in [2.45, 2.75) is 108 Å². The lowest BCUT2D eigenvalue weighted by Crippen LogP contribution is -2.62. The molecule has 0 unspecified atom stereocenters. The minimum atomic E-state index is -1.29. The van der Waals surface area contributed by atoms with Gasteiger partial charge in [0.1, 0.15) is 12.2 Å². The Bertz CT molecular complexity index is 741. The van der Waals surface area contributed by atoms with E-state index in [0.29, 0.717) is 0 Å². The molecule has 0 aromatic carbocycles. The van der Waals surface area contributed by atoms with E-state index in [0.717, 1.165) is 19.3 Å². The first-order chi connectivity index (χ1) is 16.7. The standard InChI is InChI=1S/C24H42N4O7/c1-3-4-5-6-7-8-9-10-12-34-23(32)18-14-16(28-24(25)26)19(27-15(2)29)21(35-18)22-20(31)17(30)11-13-33-22/h14,16-17,19-22,30-31H,3-13H2,1-2H3,(H,27,29)(H4,25,26,28)/t16-,17+,19+,20+,21+,22+/m0/s1. The Morgan fingerprint density at radius 2 is 1.77 bits per heavy atom. The van der Waals surface area contributed by atoms with E-state index >= 15 is 0 Å². The molecule has 7 N–H and O–H groups in total. The van der Waals surface area contributed by atoms with Gasteiger partial charge in [0.25, 0.3) is 0 Å². The zero-order valence-electron chi connectivity index (χ0n) is 20.9. The second-order valence-corrected chi connectivity index (χ2v) is 9.18. The van der Waals surface area contributed by atoms with Crippen molar-refractivity contribution >= 4 is 17.8 Å². The topological polar surface area (TPSA) is 179 Å². The summed E-state index contributed by atoms with van der Waals surface area (Å²) in [4.78, 5) is 28.8. The molecule has 0 spiro atoms. The fourth-order valence-corrected chi connectivity index (χ4v) is 4.37. The number of nitrogens with zero attached hydrogens (tertiary/aromatic N) is 1. The molecule has 1 amide bonds. The molecule has 0 bridgehead atoms. The van der Waals surface area contributed by atoms with E-state index in [1.165, 1.54) is 45.1 Å². The van der Waals surface area contributed by atoms with Crippen molar-refractivity contribution in [3.8, 4) is 0 Å². The second kappa shape index (κ2) is 14.9. The molecule has 2 aliphatic rings. The Morgan fingerprint density at radius 1 is 1.11 bits per heavy atom. The van der Waals surface area contributed by atoms with Crippen molar-refractivity contribution < 1.29 is 34.0 Å². The maximum atomic E-state index is 12.8. The van der Waals surface area contributed by atoms with Gasteiger partial charge in [-0.2, -0.15) is 0 Å². The molecule has 11 nitrogen and oxygen atoms in total. The summed E-state index contributed by atoms with van der Waals surface area (Å²) >= 11 is 0. The van der Waals surface area contributed by atoms with E-state index in [1.807, 2.05) is 0 Å². The van der Waals surface area contributed by atoms with Crippen LogP contribution in [0.4, 0.5) is 0 Å². The van der Waals surface area contributed by atoms with Gasteiger partial charge in [0, 0.05) is 13.5 Å². The van der Waals surface area contributed by atoms with Gasteiger partial charge in [0.05, 0.1) is 24.8 Å². The lowest BCUT2D eigenvalue weighted by Gasteiger charge is -2.43. The van der Waals surface area contributed by atoms with Gasteiger partial charge in [-0.1, -0.05) is 51.9 Å². The third-order valence-corrected chi connectivity index (χ3v) is 6.19. The molecule has 1 fully saturated rings. The summed E-state index contributed by atoms with van der Waals surface area (Å²) in [6.45, 7) is 3.91. The van der Waals surface area contributed by atoms with Crippen molar-refractivity contribution in [2.75, 3.05) is 13.2 Å². The van der Waals surface area contributed by atoms with Crippen LogP contribution in [0.3, 0.4) is 0 Å². The van der Waals surface area contributed by atoms with E-state index in [1.54, 1.807) is 0 Å². The van der Waals surface area contributed by atoms with Crippen LogP contribution in [0.1, 0.15) is 71.6 Å². The number of rotatable bonds is 13. The van der Waals surface area contributed by atoms with Crippen molar-refractivity contribution in [3.63, 3.8) is 0 Å². The average molecular weight is 499 g/mol. The van der Waals surface area contributed by atoms with Crippen LogP contribution in [0.2, 0.25) is 0 Å². The minimum Gasteiger partial charge on any atom is -0.478 e. The number of amides is 1. The van der Waals surface area contributed by atoms with Gasteiger partial charge in [0.2, 0.25) is 11.7 Å². The van der Waals surface area contributed by atoms with E-state index in [4.69, 9.17) is 25.7 Å². The van der Waals surface area contributed by atoms with Gasteiger partial charge in [0.15, 0.2) is 12.1 Å². The molecule has 2 heterocycles. The fourth-order valence-electron chi connectivity index (χ4n) is 4.37. The number of nitrogens with two attached hydrogens (primary N) is 2. The van der Waals surface area contributed by atoms with Gasteiger partial charge >= 0.3 is 5.97 Å². The van der Waals surface area contributed by atoms with Crippen LogP contribution >= 0.6 is 0 Å². The smallest absolute Gasteiger partial charge is 0.373 e. The molecule has 0 aromatic heterocycles. The van der Waals surface area contributed by atoms with E-state index in [-0.39, 0.29) is 37.3 Å². The molecule has 0 saturated carbocycles. The number of aliphatic hydroxyl groups is 2. The summed E-state index contributed by atoms with van der Waals surface area (Å²) in [5.74, 6) is -1.47. The third-order valence-electron chi connectivity index (χ3n) is 6.19. The van der Waals surface area contributed by atoms with Crippen LogP contribution in [0.25, 0.3) is 0 Å². The third kappa shape index (κ3) is 9.30. The summed E-state index contributed by atoms with van der Waals surface area (Å²) < 4.78 is 17.0. The van der Waals surface area contributed by atoms with E-state index in [2.05, 4.69) is 17.2 Å². The highest BCUT2D eigenvalue weighted by atomic mass is 16.6. The molecule has 2 aliphatic heterocycles. The molecule has 11 heteroatoms. The predicted octanol–water partition coefficient (Wildman–Crippen LogP) is 0.610. The van der Waals surface area contributed by atoms with Crippen LogP contribution in [0.15, 0.2) is 16.8 Å². The number of unbranched alkanes of at least 4 members (excludes halogenated alkanes) is 7. The monoisotopic (exact) mass is 498 g/mol. The first-order valence-electron chi connectivity index (χ1n) is 12.6. The molecule has 0 radical (unpaired) electrons. The number of aliphatic hydroxyl groups excluding tert-OH is 2. The fraction of sp³-hybridized carbons (Fsp3) is 0.792. The summed E-state index contributed by atoms with van der Waals surface area (Å²) in [6.07, 6.45) is 6.14. The number of hydrogen-bond acceptors (Lipinski definition) is 8. The Labute approximate surface area is 207 Å². The number of carbonyl (C=O) groups excluding carboxylic acids is 2. The second-order valence-electron chi connectivity index (χ2n) is 9.18. The van der Waals surface area contributed by atoms with Gasteiger partial charge in [-0.3, -0.25) is 4.79 Å². The summed E-state index contributed by atoms with van der Waals surface area (Å²) in [6, 6.07) is -1.73. The molecule has 1 saturated heterocycles. The van der Waals surface area contributed by atoms with Crippen molar-refractivity contribution in [2.24, 2.45) is 16.5 Å². The summed E-state index contributed by atoms with van der Waals surface area (Å²) in [5, 5.41) is 23.4. The van der Waals surface area contributed by atoms with Crippen LogP contribution in [-0.2, 0) is 23.8 Å². The van der Waals surface area contributed by atoms with Gasteiger partial charge in [-0.15, -0.1) is 0 Å². The normalized spacial score (nSPS) is 28.4. The number of esters is 1. The first-order valence-corrected chi connectivity index (χ1v) is 12.6. The van der Waals surface area contributed by atoms with Crippen molar-refractivity contribution in [1.82, 2.24) is 5.32 Å². The van der Waals surface area contributed by atoms with Crippen molar-refractivity contribution in [1.29, 1.82) is 0 Å². The molecule has 2 rings (SSSR count). The summed E-state index contributed by atoms with van der Waals surface area (Å²) in [7, 11) is 0. The highest BCUT2D eigenvalue weighted by Gasteiger charge is 2.48. The Balaban J connectivity index is 2.06. The summed E-state index contributed by atoms with van der Waals surface area (Å²) in [5.41, 5.74) is 11.2. The number of hydrogen-bond donors (Lipinski definition) is 5. The quantitative estimate of drug-likeness (QED) is 0.105. The zero-order chi connectivity index (χ0) is 25.8. The predicted molar refractivity (Wildman–Crippen MR) is 130 cm³/mol. The molecule has 200 valence electrons. The highest BCUT2D eigenvalue weighted by Crippen LogP contribution is 2.29. The number of carbonyl (C=O) groups is 2. The number of guanidine groups is 1. The largest absolute Gasteiger partial charge is 0.478 e. The maximum Gasteiger partial charge on any atom is 0.373 e. The van der Waals surface area contributed by atoms with Gasteiger partial charge in [-0.05, 0) is 18.9 Å². The Hall–Kier alpha value is -2.37. The molecule has 6 atom stereocenters. The Morgan fingerprint density at radius 3 is 2.40 bits per heavy atom. The molecule has 0 aromatic rings. The van der Waals surface area contributed by atoms with Crippen molar-refractivity contribution in [3.05, 3.63) is 11.8 Å². The van der Waals surface area contributed by atoms with Gasteiger partial charge in [-0.25, -0.2) is 9.79 Å². The minimum absolute atomic E-state index is 0.137. The first kappa shape index (κ1) is 28.9. The maximum absolute atomic E-state index is 12.8. The van der Waals surface area contributed by atoms with Gasteiger partial charge < -0.3 is 41.2 Å². The molecular formula is C24H42N4O7. The van der Waals surface area contributed by atoms with E-state index in [9.17, 15) is 19.8 Å². The lowest BCUT2D eigenvalue weighted by atomic mass is 9.88. The van der Waals surface area contributed by atoms with E-state index < -0.39 is 42.5 Å². The van der Waals surface area contributed by atoms with Crippen LogP contribution in [0, 0.1) is 0 Å². The zero-order valence-corrected chi connectivity index (χ0v) is 20.9. The number of ether oxygens (including phenoxy) is 3. The number of aliphatic imine (C=N–C) groups is 1. The van der Waals surface area contributed by atoms with Crippen LogP contribution in [-0.4, -0.2) is 77.8 Å². The molecular weight excluding hydrogens is 456 g/mol. The highest BCUT2D eigenvalue weighted by molar-refractivity contribution is 5.87. The SMILES string of the molecule is CCCCCCCCCCOC(=O)C1=C[C@H](N=C(N)N)[C@@H](NC(C)=O)[C@H]([C@@H]2OCC[C@@H](O)[C@H]2O)O1. The molecule has 0 aliphatic carbocycles.